The first kappa shape index (κ1) is 14.3. The van der Waals surface area contributed by atoms with Crippen LogP contribution in [0.1, 0.15) is 12.5 Å². The molecule has 0 saturated heterocycles. The molecule has 5 nitrogen and oxygen atoms in total. The topological polar surface area (TPSA) is 60.9 Å². The van der Waals surface area contributed by atoms with Crippen molar-refractivity contribution in [1.29, 1.82) is 0 Å². The zero-order chi connectivity index (χ0) is 14.7. The van der Waals surface area contributed by atoms with Crippen molar-refractivity contribution in [3.63, 3.8) is 0 Å². The van der Waals surface area contributed by atoms with E-state index in [1.54, 1.807) is 18.9 Å². The number of amides is 2. The van der Waals surface area contributed by atoms with E-state index >= 15 is 0 Å². The highest BCUT2D eigenvalue weighted by atomic mass is 16.3. The van der Waals surface area contributed by atoms with Gasteiger partial charge in [-0.15, -0.1) is 0 Å². The van der Waals surface area contributed by atoms with Gasteiger partial charge in [-0.2, -0.15) is 0 Å². The number of benzene rings is 1. The molecule has 2 amide bonds. The summed E-state index contributed by atoms with van der Waals surface area (Å²) in [5, 5.41) is 9.06. The molecule has 0 aliphatic carbocycles. The SMILES string of the molecule is CCN1C(=O)C(c2ccccc2)=C(N(C)CCO)C1=O. The largest absolute Gasteiger partial charge is 0.395 e. The van der Waals surface area contributed by atoms with E-state index in [0.717, 1.165) is 5.56 Å². The van der Waals surface area contributed by atoms with Crippen molar-refractivity contribution in [1.82, 2.24) is 9.80 Å². The third-order valence-electron chi connectivity index (χ3n) is 3.34. The normalized spacial score (nSPS) is 15.2. The van der Waals surface area contributed by atoms with E-state index in [-0.39, 0.29) is 18.4 Å². The van der Waals surface area contributed by atoms with Gasteiger partial charge in [0.05, 0.1) is 12.2 Å². The number of likely N-dealkylation sites (N-methyl/N-ethyl adjacent to an activating group) is 2. The molecule has 0 bridgehead atoms. The van der Waals surface area contributed by atoms with Gasteiger partial charge in [0.25, 0.3) is 11.8 Å². The fraction of sp³-hybridized carbons (Fsp3) is 0.333. The highest BCUT2D eigenvalue weighted by molar-refractivity contribution is 6.35. The predicted octanol–water partition coefficient (Wildman–Crippen LogP) is 0.711. The zero-order valence-corrected chi connectivity index (χ0v) is 11.7. The molecule has 0 radical (unpaired) electrons. The summed E-state index contributed by atoms with van der Waals surface area (Å²) in [6, 6.07) is 9.15. The van der Waals surface area contributed by atoms with Crippen LogP contribution in [0.2, 0.25) is 0 Å². The van der Waals surface area contributed by atoms with Crippen molar-refractivity contribution in [2.45, 2.75) is 6.92 Å². The lowest BCUT2D eigenvalue weighted by molar-refractivity contribution is -0.137. The molecule has 1 N–H and O–H groups in total. The first-order chi connectivity index (χ1) is 9.61. The summed E-state index contributed by atoms with van der Waals surface area (Å²) in [4.78, 5) is 27.7. The van der Waals surface area contributed by atoms with Crippen molar-refractivity contribution < 1.29 is 14.7 Å². The maximum Gasteiger partial charge on any atom is 0.277 e. The van der Waals surface area contributed by atoms with E-state index < -0.39 is 0 Å². The Kier molecular flexibility index (Phi) is 4.20. The fourth-order valence-corrected chi connectivity index (χ4v) is 2.33. The Bertz CT molecular complexity index is 551. The summed E-state index contributed by atoms with van der Waals surface area (Å²) in [6.45, 7) is 2.34. The molecule has 1 aliphatic rings. The van der Waals surface area contributed by atoms with Crippen LogP contribution >= 0.6 is 0 Å². The molecule has 1 heterocycles. The Morgan fingerprint density at radius 2 is 1.80 bits per heavy atom. The van der Waals surface area contributed by atoms with Gasteiger partial charge in [-0.3, -0.25) is 14.5 Å². The van der Waals surface area contributed by atoms with Crippen LogP contribution in [0.4, 0.5) is 0 Å². The van der Waals surface area contributed by atoms with Crippen LogP contribution in [0.5, 0.6) is 0 Å². The van der Waals surface area contributed by atoms with Crippen LogP contribution in [0.15, 0.2) is 36.0 Å². The molecular formula is C15H18N2O3. The standard InChI is InChI=1S/C15H18N2O3/c1-3-17-14(19)12(11-7-5-4-6-8-11)13(15(17)20)16(2)9-10-18/h4-8,18H,3,9-10H2,1-2H3. The smallest absolute Gasteiger partial charge is 0.277 e. The summed E-state index contributed by atoms with van der Waals surface area (Å²) in [7, 11) is 1.71. The monoisotopic (exact) mass is 274 g/mol. The second kappa shape index (κ2) is 5.88. The predicted molar refractivity (Wildman–Crippen MR) is 75.5 cm³/mol. The van der Waals surface area contributed by atoms with Crippen LogP contribution in [0.3, 0.4) is 0 Å². The number of aliphatic hydroxyl groups excluding tert-OH is 1. The molecule has 20 heavy (non-hydrogen) atoms. The van der Waals surface area contributed by atoms with E-state index in [2.05, 4.69) is 0 Å². The van der Waals surface area contributed by atoms with Crippen molar-refractivity contribution in [2.24, 2.45) is 0 Å². The summed E-state index contributed by atoms with van der Waals surface area (Å²) in [5.74, 6) is -0.573. The van der Waals surface area contributed by atoms with Crippen LogP contribution in [0.25, 0.3) is 5.57 Å². The summed E-state index contributed by atoms with van der Waals surface area (Å²) < 4.78 is 0. The van der Waals surface area contributed by atoms with Gasteiger partial charge in [-0.05, 0) is 12.5 Å². The number of nitrogens with zero attached hydrogens (tertiary/aromatic N) is 2. The average molecular weight is 274 g/mol. The van der Waals surface area contributed by atoms with Gasteiger partial charge in [0, 0.05) is 20.1 Å². The minimum atomic E-state index is -0.299. The van der Waals surface area contributed by atoms with Crippen molar-refractivity contribution in [3.8, 4) is 0 Å². The Morgan fingerprint density at radius 3 is 2.35 bits per heavy atom. The summed E-state index contributed by atoms with van der Waals surface area (Å²) in [5.41, 5.74) is 1.49. The molecule has 106 valence electrons. The maximum atomic E-state index is 12.4. The van der Waals surface area contributed by atoms with Crippen LogP contribution in [-0.4, -0.2) is 53.5 Å². The second-order valence-electron chi connectivity index (χ2n) is 4.59. The Balaban J connectivity index is 2.54. The number of imide groups is 1. The summed E-state index contributed by atoms with van der Waals surface area (Å²) >= 11 is 0. The van der Waals surface area contributed by atoms with Gasteiger partial charge >= 0.3 is 0 Å². The van der Waals surface area contributed by atoms with E-state index in [0.29, 0.717) is 24.4 Å². The number of aliphatic hydroxyl groups is 1. The molecule has 0 fully saturated rings. The van der Waals surface area contributed by atoms with E-state index in [9.17, 15) is 9.59 Å². The molecule has 0 spiro atoms. The molecule has 0 atom stereocenters. The van der Waals surface area contributed by atoms with Crippen molar-refractivity contribution >= 4 is 17.4 Å². The van der Waals surface area contributed by atoms with Crippen molar-refractivity contribution in [3.05, 3.63) is 41.6 Å². The van der Waals surface area contributed by atoms with Crippen LogP contribution in [-0.2, 0) is 9.59 Å². The molecule has 1 aromatic carbocycles. The zero-order valence-electron chi connectivity index (χ0n) is 11.7. The molecular weight excluding hydrogens is 256 g/mol. The Labute approximate surface area is 118 Å². The van der Waals surface area contributed by atoms with Crippen LogP contribution in [0, 0.1) is 0 Å². The number of carbonyl (C=O) groups excluding carboxylic acids is 2. The number of hydrogen-bond acceptors (Lipinski definition) is 4. The molecule has 0 unspecified atom stereocenters. The fourth-order valence-electron chi connectivity index (χ4n) is 2.33. The van der Waals surface area contributed by atoms with Gasteiger partial charge < -0.3 is 10.0 Å². The number of carbonyl (C=O) groups is 2. The molecule has 2 rings (SSSR count). The molecule has 1 aromatic rings. The quantitative estimate of drug-likeness (QED) is 0.803. The lowest BCUT2D eigenvalue weighted by Crippen LogP contribution is -2.34. The number of rotatable bonds is 5. The van der Waals surface area contributed by atoms with E-state index in [4.69, 9.17) is 5.11 Å². The average Bonchev–Trinajstić information content (AvgIpc) is 2.71. The highest BCUT2D eigenvalue weighted by Gasteiger charge is 2.39. The first-order valence-electron chi connectivity index (χ1n) is 6.59. The Morgan fingerprint density at radius 1 is 1.15 bits per heavy atom. The molecule has 0 saturated carbocycles. The van der Waals surface area contributed by atoms with Gasteiger partial charge in [0.15, 0.2) is 0 Å². The van der Waals surface area contributed by atoms with E-state index in [1.165, 1.54) is 4.90 Å². The number of hydrogen-bond donors (Lipinski definition) is 1. The van der Waals surface area contributed by atoms with Gasteiger partial charge in [0.2, 0.25) is 0 Å². The first-order valence-corrected chi connectivity index (χ1v) is 6.59. The minimum absolute atomic E-state index is 0.0737. The second-order valence-corrected chi connectivity index (χ2v) is 4.59. The van der Waals surface area contributed by atoms with Gasteiger partial charge in [-0.1, -0.05) is 30.3 Å². The molecule has 0 aromatic heterocycles. The minimum Gasteiger partial charge on any atom is -0.395 e. The lowest BCUT2D eigenvalue weighted by atomic mass is 10.0. The molecule has 5 heteroatoms. The highest BCUT2D eigenvalue weighted by Crippen LogP contribution is 2.30. The Hall–Kier alpha value is -2.14. The third kappa shape index (κ3) is 2.32. The maximum absolute atomic E-state index is 12.4. The summed E-state index contributed by atoms with van der Waals surface area (Å²) in [6.07, 6.45) is 0. The van der Waals surface area contributed by atoms with Crippen molar-refractivity contribution in [2.75, 3.05) is 26.7 Å². The third-order valence-corrected chi connectivity index (χ3v) is 3.34. The van der Waals surface area contributed by atoms with Crippen LogP contribution < -0.4 is 0 Å². The van der Waals surface area contributed by atoms with E-state index in [1.807, 2.05) is 30.3 Å². The molecule has 1 aliphatic heterocycles. The van der Waals surface area contributed by atoms with Gasteiger partial charge in [0.1, 0.15) is 5.70 Å². The van der Waals surface area contributed by atoms with Gasteiger partial charge in [-0.25, -0.2) is 0 Å². The lowest BCUT2D eigenvalue weighted by Gasteiger charge is -2.19.